The van der Waals surface area contributed by atoms with Gasteiger partial charge in [0.2, 0.25) is 0 Å². The molecular formula is C13H18F2N2. The fourth-order valence-corrected chi connectivity index (χ4v) is 2.29. The molecule has 3 N–H and O–H groups in total. The second kappa shape index (κ2) is 5.10. The molecule has 0 radical (unpaired) electrons. The average Bonchev–Trinajstić information content (AvgIpc) is 2.21. The van der Waals surface area contributed by atoms with E-state index in [2.05, 4.69) is 5.32 Å². The van der Waals surface area contributed by atoms with Crippen LogP contribution < -0.4 is 11.1 Å². The van der Waals surface area contributed by atoms with Gasteiger partial charge in [0.15, 0.2) is 0 Å². The highest BCUT2D eigenvalue weighted by Crippen LogP contribution is 2.19. The van der Waals surface area contributed by atoms with Crippen LogP contribution in [0.25, 0.3) is 0 Å². The van der Waals surface area contributed by atoms with Gasteiger partial charge in [0.1, 0.15) is 11.6 Å². The van der Waals surface area contributed by atoms with Crippen LogP contribution in [-0.2, 0) is 6.42 Å². The van der Waals surface area contributed by atoms with E-state index in [-0.39, 0.29) is 17.6 Å². The summed E-state index contributed by atoms with van der Waals surface area (Å²) in [4.78, 5) is 0. The smallest absolute Gasteiger partial charge is 0.129 e. The molecule has 2 rings (SSSR count). The Morgan fingerprint density at radius 3 is 2.47 bits per heavy atom. The molecule has 94 valence electrons. The number of hydrogen-bond donors (Lipinski definition) is 2. The van der Waals surface area contributed by atoms with Crippen molar-refractivity contribution in [2.75, 3.05) is 0 Å². The quantitative estimate of drug-likeness (QED) is 0.844. The van der Waals surface area contributed by atoms with Crippen molar-refractivity contribution >= 4 is 0 Å². The third-order valence-corrected chi connectivity index (χ3v) is 3.27. The van der Waals surface area contributed by atoms with Crippen molar-refractivity contribution in [1.82, 2.24) is 5.32 Å². The molecule has 1 aromatic carbocycles. The van der Waals surface area contributed by atoms with Crippen LogP contribution in [-0.4, -0.2) is 18.1 Å². The molecular weight excluding hydrogens is 222 g/mol. The van der Waals surface area contributed by atoms with Crippen molar-refractivity contribution in [2.45, 2.75) is 44.3 Å². The molecule has 0 spiro atoms. The third-order valence-electron chi connectivity index (χ3n) is 3.27. The van der Waals surface area contributed by atoms with Gasteiger partial charge in [0, 0.05) is 23.7 Å². The number of hydrogen-bond acceptors (Lipinski definition) is 2. The number of rotatable bonds is 4. The molecule has 1 aliphatic carbocycles. The van der Waals surface area contributed by atoms with Gasteiger partial charge in [0.05, 0.1) is 0 Å². The lowest BCUT2D eigenvalue weighted by Crippen LogP contribution is -2.51. The van der Waals surface area contributed by atoms with E-state index in [1.165, 1.54) is 18.2 Å². The zero-order valence-electron chi connectivity index (χ0n) is 9.92. The highest BCUT2D eigenvalue weighted by molar-refractivity contribution is 5.20. The van der Waals surface area contributed by atoms with Gasteiger partial charge >= 0.3 is 0 Å². The Labute approximate surface area is 100 Å². The van der Waals surface area contributed by atoms with Gasteiger partial charge in [0.25, 0.3) is 0 Å². The van der Waals surface area contributed by atoms with Crippen molar-refractivity contribution in [3.63, 3.8) is 0 Å². The molecule has 0 saturated heterocycles. The first-order valence-corrected chi connectivity index (χ1v) is 6.00. The summed E-state index contributed by atoms with van der Waals surface area (Å²) in [7, 11) is 0. The topological polar surface area (TPSA) is 38.0 Å². The van der Waals surface area contributed by atoms with Crippen molar-refractivity contribution in [1.29, 1.82) is 0 Å². The summed E-state index contributed by atoms with van der Waals surface area (Å²) in [6.45, 7) is 1.94. The van der Waals surface area contributed by atoms with Gasteiger partial charge in [-0.2, -0.15) is 0 Å². The molecule has 1 fully saturated rings. The lowest BCUT2D eigenvalue weighted by Gasteiger charge is -2.35. The Morgan fingerprint density at radius 2 is 1.94 bits per heavy atom. The van der Waals surface area contributed by atoms with E-state index in [0.717, 1.165) is 12.8 Å². The van der Waals surface area contributed by atoms with E-state index < -0.39 is 11.6 Å². The summed E-state index contributed by atoms with van der Waals surface area (Å²) in [5.41, 5.74) is 5.85. The van der Waals surface area contributed by atoms with Crippen molar-refractivity contribution < 1.29 is 8.78 Å². The zero-order chi connectivity index (χ0) is 12.4. The number of halogens is 2. The summed E-state index contributed by atoms with van der Waals surface area (Å²) in [6.07, 6.45) is 2.26. The SMILES string of the molecule is CC(Cc1c(F)cccc1F)NC1CC(N)C1. The Balaban J connectivity index is 1.91. The van der Waals surface area contributed by atoms with Gasteiger partial charge in [-0.15, -0.1) is 0 Å². The summed E-state index contributed by atoms with van der Waals surface area (Å²) < 4.78 is 26.8. The molecule has 2 nitrogen and oxygen atoms in total. The molecule has 1 saturated carbocycles. The maximum Gasteiger partial charge on any atom is 0.129 e. The van der Waals surface area contributed by atoms with E-state index >= 15 is 0 Å². The average molecular weight is 240 g/mol. The standard InChI is InChI=1S/C13H18F2N2/c1-8(17-10-6-9(16)7-10)5-11-12(14)3-2-4-13(11)15/h2-4,8-10,17H,5-7,16H2,1H3. The Hall–Kier alpha value is -1.00. The van der Waals surface area contributed by atoms with Gasteiger partial charge in [-0.25, -0.2) is 8.78 Å². The van der Waals surface area contributed by atoms with Gasteiger partial charge in [-0.3, -0.25) is 0 Å². The van der Waals surface area contributed by atoms with E-state index in [9.17, 15) is 8.78 Å². The molecule has 1 unspecified atom stereocenters. The van der Waals surface area contributed by atoms with Crippen LogP contribution in [0.15, 0.2) is 18.2 Å². The molecule has 0 aromatic heterocycles. The predicted octanol–water partition coefficient (Wildman–Crippen LogP) is 1.98. The molecule has 1 aliphatic rings. The second-order valence-electron chi connectivity index (χ2n) is 4.90. The Bertz CT molecular complexity index is 369. The number of nitrogens with one attached hydrogen (secondary N) is 1. The summed E-state index contributed by atoms with van der Waals surface area (Å²) in [5, 5.41) is 3.34. The van der Waals surface area contributed by atoms with Crippen LogP contribution >= 0.6 is 0 Å². The van der Waals surface area contributed by atoms with E-state index in [1.807, 2.05) is 6.92 Å². The second-order valence-corrected chi connectivity index (χ2v) is 4.90. The minimum absolute atomic E-state index is 0.0545. The van der Waals surface area contributed by atoms with E-state index in [1.54, 1.807) is 0 Å². The van der Waals surface area contributed by atoms with Crippen LogP contribution in [0.1, 0.15) is 25.3 Å². The summed E-state index contributed by atoms with van der Waals surface area (Å²) in [6, 6.07) is 4.71. The van der Waals surface area contributed by atoms with Gasteiger partial charge in [-0.05, 0) is 38.3 Å². The van der Waals surface area contributed by atoms with Crippen LogP contribution in [0.5, 0.6) is 0 Å². The first kappa shape index (κ1) is 12.5. The fraction of sp³-hybridized carbons (Fsp3) is 0.538. The monoisotopic (exact) mass is 240 g/mol. The summed E-state index contributed by atoms with van der Waals surface area (Å²) >= 11 is 0. The molecule has 0 heterocycles. The first-order valence-electron chi connectivity index (χ1n) is 6.00. The van der Waals surface area contributed by atoms with Crippen LogP contribution in [0.3, 0.4) is 0 Å². The number of nitrogens with two attached hydrogens (primary N) is 1. The molecule has 1 aromatic rings. The highest BCUT2D eigenvalue weighted by Gasteiger charge is 2.27. The summed E-state index contributed by atoms with van der Waals surface area (Å²) in [5.74, 6) is -0.937. The molecule has 0 bridgehead atoms. The minimum Gasteiger partial charge on any atom is -0.328 e. The minimum atomic E-state index is -0.469. The van der Waals surface area contributed by atoms with Crippen LogP contribution in [0.4, 0.5) is 8.78 Å². The Morgan fingerprint density at radius 1 is 1.35 bits per heavy atom. The third kappa shape index (κ3) is 3.01. The van der Waals surface area contributed by atoms with Crippen LogP contribution in [0, 0.1) is 11.6 Å². The zero-order valence-corrected chi connectivity index (χ0v) is 9.92. The number of benzene rings is 1. The molecule has 4 heteroatoms. The highest BCUT2D eigenvalue weighted by atomic mass is 19.1. The molecule has 17 heavy (non-hydrogen) atoms. The van der Waals surface area contributed by atoms with Crippen LogP contribution in [0.2, 0.25) is 0 Å². The fourth-order valence-electron chi connectivity index (χ4n) is 2.29. The largest absolute Gasteiger partial charge is 0.328 e. The first-order chi connectivity index (χ1) is 8.06. The maximum absolute atomic E-state index is 13.4. The van der Waals surface area contributed by atoms with Crippen molar-refractivity contribution in [3.05, 3.63) is 35.4 Å². The lowest BCUT2D eigenvalue weighted by atomic mass is 9.87. The van der Waals surface area contributed by atoms with Gasteiger partial charge < -0.3 is 11.1 Å². The molecule has 0 aliphatic heterocycles. The Kier molecular flexibility index (Phi) is 3.74. The molecule has 0 amide bonds. The van der Waals surface area contributed by atoms with Gasteiger partial charge in [-0.1, -0.05) is 6.07 Å². The van der Waals surface area contributed by atoms with E-state index in [4.69, 9.17) is 5.73 Å². The molecule has 1 atom stereocenters. The van der Waals surface area contributed by atoms with Crippen molar-refractivity contribution in [3.8, 4) is 0 Å². The maximum atomic E-state index is 13.4. The van der Waals surface area contributed by atoms with Crippen molar-refractivity contribution in [2.24, 2.45) is 5.73 Å². The van der Waals surface area contributed by atoms with E-state index in [0.29, 0.717) is 12.5 Å². The lowest BCUT2D eigenvalue weighted by molar-refractivity contribution is 0.269. The normalized spacial score (nSPS) is 25.4. The predicted molar refractivity (Wildman–Crippen MR) is 63.7 cm³/mol.